The largest absolute Gasteiger partial charge is 0.480 e. The molecule has 0 fully saturated rings. The summed E-state index contributed by atoms with van der Waals surface area (Å²) < 4.78 is 0. The number of hydrogen-bond acceptors (Lipinski definition) is 7. The number of guanidine groups is 2. The predicted molar refractivity (Wildman–Crippen MR) is 154 cm³/mol. The molecule has 41 heavy (non-hydrogen) atoms. The van der Waals surface area contributed by atoms with Crippen molar-refractivity contribution in [1.29, 1.82) is 0 Å². The summed E-state index contributed by atoms with van der Waals surface area (Å²) in [5, 5.41) is 17.4. The molecule has 0 bridgehead atoms. The van der Waals surface area contributed by atoms with Gasteiger partial charge in [0.2, 0.25) is 17.7 Å². The fraction of sp³-hybridized carbons (Fsp3) is 0.440. The Morgan fingerprint density at radius 2 is 1.46 bits per heavy atom. The van der Waals surface area contributed by atoms with Crippen LogP contribution < -0.4 is 44.6 Å². The van der Waals surface area contributed by atoms with E-state index in [1.54, 1.807) is 6.20 Å². The highest BCUT2D eigenvalue weighted by molar-refractivity contribution is 5.94. The maximum atomic E-state index is 13.4. The number of aliphatic imine (C=N–C) groups is 2. The molecular formula is C25H39N11O5. The van der Waals surface area contributed by atoms with Gasteiger partial charge in [-0.3, -0.25) is 29.2 Å². The second kappa shape index (κ2) is 16.3. The molecule has 2 rings (SSSR count). The minimum absolute atomic E-state index is 0.0557. The van der Waals surface area contributed by atoms with Gasteiger partial charge in [0, 0.05) is 36.6 Å². The molecule has 16 heteroatoms. The lowest BCUT2D eigenvalue weighted by atomic mass is 10.0. The number of carboxylic acid groups (broad SMARTS) is 1. The van der Waals surface area contributed by atoms with Gasteiger partial charge in [0.05, 0.1) is 6.04 Å². The zero-order valence-electron chi connectivity index (χ0n) is 22.6. The van der Waals surface area contributed by atoms with Crippen LogP contribution in [0.25, 0.3) is 10.9 Å². The number of carbonyl (C=O) groups excluding carboxylic acids is 3. The van der Waals surface area contributed by atoms with Crippen molar-refractivity contribution in [3.05, 3.63) is 36.0 Å². The molecule has 0 aliphatic rings. The van der Waals surface area contributed by atoms with E-state index in [9.17, 15) is 19.2 Å². The van der Waals surface area contributed by atoms with Crippen molar-refractivity contribution < 1.29 is 24.3 Å². The standard InChI is InChI=1S/C25H39N11O5/c26-16(6-3-9-31-24(27)28)21(39)35-18(8-4-10-32-25(29)30)23(41)36-19(22(40)34-13-20(37)38)11-14-12-33-17-7-2-1-5-15(14)17/h1-2,5,7,12,16,18-19,33H,3-4,6,8-11,13,26H2,(H,34,40)(H,35,39)(H,36,41)(H,37,38)(H4,27,28,31)(H4,29,30,32). The molecule has 0 aliphatic heterocycles. The fourth-order valence-corrected chi connectivity index (χ4v) is 3.99. The maximum absolute atomic E-state index is 13.4. The van der Waals surface area contributed by atoms with E-state index in [2.05, 4.69) is 30.9 Å². The first kappa shape index (κ1) is 32.4. The van der Waals surface area contributed by atoms with E-state index in [1.807, 2.05) is 24.3 Å². The van der Waals surface area contributed by atoms with E-state index < -0.39 is 48.4 Å². The number of hydrogen-bond donors (Lipinski definition) is 10. The number of nitrogens with two attached hydrogens (primary N) is 5. The van der Waals surface area contributed by atoms with Gasteiger partial charge in [0.1, 0.15) is 18.6 Å². The number of carboxylic acids is 1. The van der Waals surface area contributed by atoms with E-state index in [1.165, 1.54) is 0 Å². The number of nitrogens with zero attached hydrogens (tertiary/aromatic N) is 2. The van der Waals surface area contributed by atoms with Crippen LogP contribution in [-0.4, -0.2) is 83.5 Å². The van der Waals surface area contributed by atoms with Crippen LogP contribution in [0.2, 0.25) is 0 Å². The first-order chi connectivity index (χ1) is 19.5. The molecule has 16 nitrogen and oxygen atoms in total. The highest BCUT2D eigenvalue weighted by Crippen LogP contribution is 2.19. The molecule has 1 aromatic carbocycles. The van der Waals surface area contributed by atoms with Crippen LogP contribution in [-0.2, 0) is 25.6 Å². The van der Waals surface area contributed by atoms with Gasteiger partial charge in [-0.2, -0.15) is 0 Å². The lowest BCUT2D eigenvalue weighted by Crippen LogP contribution is -2.56. The quantitative estimate of drug-likeness (QED) is 0.0531. The lowest BCUT2D eigenvalue weighted by molar-refractivity contribution is -0.138. The number of rotatable bonds is 17. The summed E-state index contributed by atoms with van der Waals surface area (Å²) in [5.74, 6) is -3.38. The topological polar surface area (TPSA) is 295 Å². The van der Waals surface area contributed by atoms with E-state index in [-0.39, 0.29) is 44.3 Å². The average Bonchev–Trinajstić information content (AvgIpc) is 3.33. The number of para-hydroxylation sites is 1. The molecule has 224 valence electrons. The van der Waals surface area contributed by atoms with Gasteiger partial charge in [-0.1, -0.05) is 18.2 Å². The number of carbonyl (C=O) groups is 4. The van der Waals surface area contributed by atoms with E-state index >= 15 is 0 Å². The monoisotopic (exact) mass is 573 g/mol. The Morgan fingerprint density at radius 1 is 0.854 bits per heavy atom. The Kier molecular flexibility index (Phi) is 12.9. The summed E-state index contributed by atoms with van der Waals surface area (Å²) in [6, 6.07) is 4.22. The third-order valence-electron chi connectivity index (χ3n) is 6.03. The van der Waals surface area contributed by atoms with E-state index in [4.69, 9.17) is 33.8 Å². The molecule has 2 aromatic rings. The zero-order valence-corrected chi connectivity index (χ0v) is 22.6. The summed E-state index contributed by atoms with van der Waals surface area (Å²) in [6.45, 7) is -0.149. The van der Waals surface area contributed by atoms with Gasteiger partial charge in [0.25, 0.3) is 0 Å². The van der Waals surface area contributed by atoms with Crippen molar-refractivity contribution in [3.63, 3.8) is 0 Å². The second-order valence-corrected chi connectivity index (χ2v) is 9.30. The molecule has 0 saturated heterocycles. The summed E-state index contributed by atoms with van der Waals surface area (Å²) in [5.41, 5.74) is 28.9. The molecule has 3 amide bonds. The molecule has 0 saturated carbocycles. The minimum atomic E-state index is -1.24. The zero-order chi connectivity index (χ0) is 30.4. The molecule has 15 N–H and O–H groups in total. The van der Waals surface area contributed by atoms with Crippen LogP contribution in [0.15, 0.2) is 40.4 Å². The fourth-order valence-electron chi connectivity index (χ4n) is 3.99. The van der Waals surface area contributed by atoms with E-state index in [0.29, 0.717) is 12.8 Å². The third kappa shape index (κ3) is 11.4. The van der Waals surface area contributed by atoms with Crippen LogP contribution in [0.5, 0.6) is 0 Å². The minimum Gasteiger partial charge on any atom is -0.480 e. The van der Waals surface area contributed by atoms with Crippen molar-refractivity contribution in [2.45, 2.75) is 50.2 Å². The number of nitrogens with one attached hydrogen (secondary N) is 4. The number of fused-ring (bicyclic) bond motifs is 1. The van der Waals surface area contributed by atoms with Gasteiger partial charge in [-0.05, 0) is 37.3 Å². The Morgan fingerprint density at radius 3 is 2.10 bits per heavy atom. The lowest BCUT2D eigenvalue weighted by Gasteiger charge is -2.24. The van der Waals surface area contributed by atoms with Crippen LogP contribution in [0, 0.1) is 0 Å². The van der Waals surface area contributed by atoms with Crippen molar-refractivity contribution in [2.75, 3.05) is 19.6 Å². The summed E-state index contributed by atoms with van der Waals surface area (Å²) in [6.07, 6.45) is 2.92. The van der Waals surface area contributed by atoms with Gasteiger partial charge in [-0.15, -0.1) is 0 Å². The van der Waals surface area contributed by atoms with Crippen molar-refractivity contribution >= 4 is 46.5 Å². The molecular weight excluding hydrogens is 534 g/mol. The molecule has 1 heterocycles. The molecule has 3 unspecified atom stereocenters. The van der Waals surface area contributed by atoms with Gasteiger partial charge in [-0.25, -0.2) is 0 Å². The summed E-state index contributed by atoms with van der Waals surface area (Å²) >= 11 is 0. The number of aromatic nitrogens is 1. The van der Waals surface area contributed by atoms with Crippen molar-refractivity contribution in [3.8, 4) is 0 Å². The predicted octanol–water partition coefficient (Wildman–Crippen LogP) is -2.68. The SMILES string of the molecule is NC(N)=NCCCC(N)C(=O)NC(CCCN=C(N)N)C(=O)NC(Cc1c[nH]c2ccccc12)C(=O)NCC(=O)O. The highest BCUT2D eigenvalue weighted by Gasteiger charge is 2.29. The summed E-state index contributed by atoms with van der Waals surface area (Å²) in [7, 11) is 0. The van der Waals surface area contributed by atoms with Gasteiger partial charge in [0.15, 0.2) is 11.9 Å². The third-order valence-corrected chi connectivity index (χ3v) is 6.03. The Bertz CT molecular complexity index is 1250. The van der Waals surface area contributed by atoms with Gasteiger partial charge < -0.3 is 54.7 Å². The molecule has 3 atom stereocenters. The molecule has 0 spiro atoms. The second-order valence-electron chi connectivity index (χ2n) is 9.30. The molecule has 0 radical (unpaired) electrons. The Labute approximate surface area is 236 Å². The first-order valence-electron chi connectivity index (χ1n) is 13.0. The number of H-pyrrole nitrogens is 1. The average molecular weight is 574 g/mol. The first-order valence-corrected chi connectivity index (χ1v) is 13.0. The van der Waals surface area contributed by atoms with Gasteiger partial charge >= 0.3 is 5.97 Å². The van der Waals surface area contributed by atoms with Crippen LogP contribution >= 0.6 is 0 Å². The number of aliphatic carboxylic acids is 1. The van der Waals surface area contributed by atoms with Crippen LogP contribution in [0.4, 0.5) is 0 Å². The number of aromatic amines is 1. The van der Waals surface area contributed by atoms with Crippen molar-refractivity contribution in [2.24, 2.45) is 38.7 Å². The number of amides is 3. The number of benzene rings is 1. The maximum Gasteiger partial charge on any atom is 0.322 e. The highest BCUT2D eigenvalue weighted by atomic mass is 16.4. The van der Waals surface area contributed by atoms with Crippen LogP contribution in [0.3, 0.4) is 0 Å². The van der Waals surface area contributed by atoms with Crippen LogP contribution in [0.1, 0.15) is 31.2 Å². The molecule has 1 aromatic heterocycles. The Hall–Kier alpha value is -4.86. The summed E-state index contributed by atoms with van der Waals surface area (Å²) in [4.78, 5) is 61.0. The Balaban J connectivity index is 2.19. The van der Waals surface area contributed by atoms with Crippen molar-refractivity contribution in [1.82, 2.24) is 20.9 Å². The molecule has 0 aliphatic carbocycles. The van der Waals surface area contributed by atoms with E-state index in [0.717, 1.165) is 16.5 Å². The smallest absolute Gasteiger partial charge is 0.322 e. The normalized spacial score (nSPS) is 12.9.